The number of benzene rings is 1. The second kappa shape index (κ2) is 8.42. The SMILES string of the molecule is CC(C)(C)SCCNC(=O)C(C)(N)c1ccc(Br)cc1.Cl. The zero-order chi connectivity index (χ0) is 15.4. The van der Waals surface area contributed by atoms with Crippen molar-refractivity contribution < 1.29 is 4.79 Å². The Kier molecular flexibility index (Phi) is 8.32. The maximum atomic E-state index is 12.2. The lowest BCUT2D eigenvalue weighted by Gasteiger charge is -2.25. The molecule has 0 spiro atoms. The van der Waals surface area contributed by atoms with E-state index in [9.17, 15) is 4.79 Å². The van der Waals surface area contributed by atoms with Gasteiger partial charge in [-0.15, -0.1) is 12.4 Å². The van der Waals surface area contributed by atoms with Gasteiger partial charge in [0.1, 0.15) is 5.54 Å². The Bertz CT molecular complexity index is 458. The van der Waals surface area contributed by atoms with Gasteiger partial charge in [-0.3, -0.25) is 4.79 Å². The third-order valence-corrected chi connectivity index (χ3v) is 4.64. The van der Waals surface area contributed by atoms with Gasteiger partial charge < -0.3 is 11.1 Å². The molecule has 3 N–H and O–H groups in total. The van der Waals surface area contributed by atoms with E-state index in [1.165, 1.54) is 0 Å². The number of halogens is 2. The van der Waals surface area contributed by atoms with Crippen LogP contribution in [0.5, 0.6) is 0 Å². The van der Waals surface area contributed by atoms with E-state index in [1.54, 1.807) is 6.92 Å². The molecule has 6 heteroatoms. The summed E-state index contributed by atoms with van der Waals surface area (Å²) in [6.45, 7) is 8.85. The zero-order valence-corrected chi connectivity index (χ0v) is 16.1. The molecule has 1 rings (SSSR count). The molecule has 0 fully saturated rings. The highest BCUT2D eigenvalue weighted by Crippen LogP contribution is 2.23. The molecule has 120 valence electrons. The number of nitrogens with two attached hydrogens (primary N) is 1. The van der Waals surface area contributed by atoms with Crippen molar-refractivity contribution in [3.8, 4) is 0 Å². The molecule has 1 unspecified atom stereocenters. The minimum Gasteiger partial charge on any atom is -0.353 e. The van der Waals surface area contributed by atoms with Crippen molar-refractivity contribution in [1.29, 1.82) is 0 Å². The predicted octanol–water partition coefficient (Wildman–Crippen LogP) is 3.69. The summed E-state index contributed by atoms with van der Waals surface area (Å²) in [5, 5.41) is 2.91. The van der Waals surface area contributed by atoms with Crippen molar-refractivity contribution >= 4 is 46.0 Å². The van der Waals surface area contributed by atoms with Gasteiger partial charge in [-0.2, -0.15) is 11.8 Å². The summed E-state index contributed by atoms with van der Waals surface area (Å²) in [5.74, 6) is 0.736. The van der Waals surface area contributed by atoms with Crippen LogP contribution in [0.1, 0.15) is 33.3 Å². The van der Waals surface area contributed by atoms with Gasteiger partial charge >= 0.3 is 0 Å². The highest BCUT2D eigenvalue weighted by atomic mass is 79.9. The predicted molar refractivity (Wildman–Crippen MR) is 98.2 cm³/mol. The van der Waals surface area contributed by atoms with Crippen molar-refractivity contribution in [2.24, 2.45) is 5.73 Å². The van der Waals surface area contributed by atoms with Crippen LogP contribution in [0.3, 0.4) is 0 Å². The monoisotopic (exact) mass is 394 g/mol. The van der Waals surface area contributed by atoms with Crippen LogP contribution >= 0.6 is 40.1 Å². The van der Waals surface area contributed by atoms with Gasteiger partial charge in [0.05, 0.1) is 0 Å². The largest absolute Gasteiger partial charge is 0.353 e. The number of amides is 1. The molecule has 1 atom stereocenters. The minimum atomic E-state index is -1.01. The molecule has 0 heterocycles. The van der Waals surface area contributed by atoms with Crippen LogP contribution in [0.15, 0.2) is 28.7 Å². The normalized spacial score (nSPS) is 14.0. The number of hydrogen-bond acceptors (Lipinski definition) is 3. The van der Waals surface area contributed by atoms with Gasteiger partial charge in [0.15, 0.2) is 0 Å². The van der Waals surface area contributed by atoms with Gasteiger partial charge in [-0.05, 0) is 24.6 Å². The molecule has 0 saturated heterocycles. The summed E-state index contributed by atoms with van der Waals surface area (Å²) in [5.41, 5.74) is 5.97. The number of hydrogen-bond donors (Lipinski definition) is 2. The standard InChI is InChI=1S/C15H23BrN2OS.ClH/c1-14(2,3)20-10-9-18-13(19)15(4,17)11-5-7-12(16)8-6-11;/h5-8H,9-10,17H2,1-4H3,(H,18,19);1H. The average molecular weight is 396 g/mol. The fourth-order valence-electron chi connectivity index (χ4n) is 1.63. The van der Waals surface area contributed by atoms with Gasteiger partial charge in [0.25, 0.3) is 0 Å². The highest BCUT2D eigenvalue weighted by Gasteiger charge is 2.30. The van der Waals surface area contributed by atoms with Crippen molar-refractivity contribution in [1.82, 2.24) is 5.32 Å². The first-order valence-corrected chi connectivity index (χ1v) is 8.38. The quantitative estimate of drug-likeness (QED) is 0.748. The van der Waals surface area contributed by atoms with Crippen molar-refractivity contribution in [3.63, 3.8) is 0 Å². The maximum absolute atomic E-state index is 12.2. The molecule has 0 aliphatic carbocycles. The van der Waals surface area contributed by atoms with Gasteiger partial charge in [0.2, 0.25) is 5.91 Å². The minimum absolute atomic E-state index is 0. The molecule has 1 aromatic carbocycles. The van der Waals surface area contributed by atoms with Gasteiger partial charge in [0, 0.05) is 21.5 Å². The number of carbonyl (C=O) groups excluding carboxylic acids is 1. The van der Waals surface area contributed by atoms with Crippen molar-refractivity contribution in [3.05, 3.63) is 34.3 Å². The Labute approximate surface area is 146 Å². The molecule has 0 aromatic heterocycles. The lowest BCUT2D eigenvalue weighted by atomic mass is 9.92. The molecule has 3 nitrogen and oxygen atoms in total. The zero-order valence-electron chi connectivity index (χ0n) is 12.9. The van der Waals surface area contributed by atoms with Gasteiger partial charge in [-0.1, -0.05) is 48.8 Å². The smallest absolute Gasteiger partial charge is 0.244 e. The summed E-state index contributed by atoms with van der Waals surface area (Å²) >= 11 is 5.20. The molecule has 0 bridgehead atoms. The maximum Gasteiger partial charge on any atom is 0.244 e. The molecule has 21 heavy (non-hydrogen) atoms. The summed E-state index contributed by atoms with van der Waals surface area (Å²) in [6.07, 6.45) is 0. The Morgan fingerprint density at radius 1 is 1.24 bits per heavy atom. The van der Waals surface area contributed by atoms with Crippen molar-refractivity contribution in [2.75, 3.05) is 12.3 Å². The van der Waals surface area contributed by atoms with E-state index < -0.39 is 5.54 Å². The Balaban J connectivity index is 0.00000400. The number of thioether (sulfide) groups is 1. The summed E-state index contributed by atoms with van der Waals surface area (Å²) in [4.78, 5) is 12.2. The first-order valence-electron chi connectivity index (χ1n) is 6.60. The Morgan fingerprint density at radius 2 is 1.76 bits per heavy atom. The highest BCUT2D eigenvalue weighted by molar-refractivity contribution is 9.10. The second-order valence-corrected chi connectivity index (χ2v) is 8.76. The van der Waals surface area contributed by atoms with Crippen LogP contribution in [0, 0.1) is 0 Å². The van der Waals surface area contributed by atoms with Crippen LogP contribution in [0.2, 0.25) is 0 Å². The second-order valence-electron chi connectivity index (χ2n) is 5.93. The Morgan fingerprint density at radius 3 is 2.24 bits per heavy atom. The van der Waals surface area contributed by atoms with E-state index in [0.29, 0.717) is 6.54 Å². The lowest BCUT2D eigenvalue weighted by molar-refractivity contribution is -0.125. The summed E-state index contributed by atoms with van der Waals surface area (Å²) in [6, 6.07) is 7.52. The molecule has 0 saturated carbocycles. The van der Waals surface area contributed by atoms with E-state index in [-0.39, 0.29) is 23.1 Å². The topological polar surface area (TPSA) is 55.1 Å². The molecular weight excluding hydrogens is 372 g/mol. The third kappa shape index (κ3) is 7.04. The molecule has 1 aromatic rings. The Hall–Kier alpha value is -0.230. The lowest BCUT2D eigenvalue weighted by Crippen LogP contribution is -2.49. The van der Waals surface area contributed by atoms with E-state index in [4.69, 9.17) is 5.73 Å². The third-order valence-electron chi connectivity index (χ3n) is 2.84. The molecule has 1 amide bonds. The fraction of sp³-hybridized carbons (Fsp3) is 0.533. The molecule has 0 radical (unpaired) electrons. The van der Waals surface area contributed by atoms with Crippen LogP contribution < -0.4 is 11.1 Å². The van der Waals surface area contributed by atoms with E-state index in [0.717, 1.165) is 15.8 Å². The van der Waals surface area contributed by atoms with Gasteiger partial charge in [-0.25, -0.2) is 0 Å². The molecule has 0 aliphatic heterocycles. The number of nitrogens with one attached hydrogen (secondary N) is 1. The van der Waals surface area contributed by atoms with Crippen LogP contribution in [0.4, 0.5) is 0 Å². The van der Waals surface area contributed by atoms with E-state index in [2.05, 4.69) is 42.0 Å². The number of carbonyl (C=O) groups is 1. The fourth-order valence-corrected chi connectivity index (χ4v) is 2.71. The molecule has 0 aliphatic rings. The first kappa shape index (κ1) is 20.8. The average Bonchev–Trinajstić information content (AvgIpc) is 2.33. The van der Waals surface area contributed by atoms with Crippen LogP contribution in [0.25, 0.3) is 0 Å². The first-order chi connectivity index (χ1) is 9.13. The van der Waals surface area contributed by atoms with Crippen molar-refractivity contribution in [2.45, 2.75) is 38.0 Å². The van der Waals surface area contributed by atoms with Crippen LogP contribution in [-0.2, 0) is 10.3 Å². The number of rotatable bonds is 5. The summed E-state index contributed by atoms with van der Waals surface area (Å²) < 4.78 is 1.18. The van der Waals surface area contributed by atoms with E-state index in [1.807, 2.05) is 36.0 Å². The van der Waals surface area contributed by atoms with E-state index >= 15 is 0 Å². The summed E-state index contributed by atoms with van der Waals surface area (Å²) in [7, 11) is 0. The molecular formula is C15H24BrClN2OS. The van der Waals surface area contributed by atoms with Crippen LogP contribution in [-0.4, -0.2) is 23.0 Å².